The van der Waals surface area contributed by atoms with Gasteiger partial charge in [0.15, 0.2) is 11.5 Å². The van der Waals surface area contributed by atoms with Crippen molar-refractivity contribution in [3.05, 3.63) is 41.7 Å². The summed E-state index contributed by atoms with van der Waals surface area (Å²) in [5, 5.41) is 0. The van der Waals surface area contributed by atoms with Gasteiger partial charge in [-0.15, -0.1) is 0 Å². The van der Waals surface area contributed by atoms with Crippen LogP contribution in [0.3, 0.4) is 0 Å². The third kappa shape index (κ3) is 3.22. The molecule has 0 spiro atoms. The summed E-state index contributed by atoms with van der Waals surface area (Å²) in [6, 6.07) is 5.70. The second kappa shape index (κ2) is 5.86. The van der Waals surface area contributed by atoms with Crippen molar-refractivity contribution < 1.29 is 9.47 Å². The van der Waals surface area contributed by atoms with Crippen LogP contribution in [0.5, 0.6) is 11.5 Å². The minimum atomic E-state index is 0.267. The Morgan fingerprint density at radius 2 is 1.58 bits per heavy atom. The van der Waals surface area contributed by atoms with E-state index < -0.39 is 0 Å². The molecular formula is C14H15N3O2. The van der Waals surface area contributed by atoms with E-state index in [1.54, 1.807) is 26.6 Å². The van der Waals surface area contributed by atoms with Crippen LogP contribution in [0.1, 0.15) is 11.1 Å². The van der Waals surface area contributed by atoms with Gasteiger partial charge in [0.25, 0.3) is 0 Å². The maximum atomic E-state index is 5.43. The molecule has 1 aromatic heterocycles. The summed E-state index contributed by atoms with van der Waals surface area (Å²) in [6.07, 6.45) is 7.18. The average Bonchev–Trinajstić information content (AvgIpc) is 2.46. The normalized spacial score (nSPS) is 10.6. The number of nitrogen functional groups attached to an aromatic ring is 1. The molecule has 0 saturated heterocycles. The summed E-state index contributed by atoms with van der Waals surface area (Å²) in [6.45, 7) is 0. The molecule has 5 heteroatoms. The first kappa shape index (κ1) is 12.9. The van der Waals surface area contributed by atoms with E-state index in [9.17, 15) is 0 Å². The molecule has 5 nitrogen and oxygen atoms in total. The molecule has 0 bridgehead atoms. The van der Waals surface area contributed by atoms with Crippen LogP contribution in [0.25, 0.3) is 12.2 Å². The van der Waals surface area contributed by atoms with E-state index in [1.807, 2.05) is 30.4 Å². The number of rotatable bonds is 4. The molecule has 0 unspecified atom stereocenters. The molecule has 19 heavy (non-hydrogen) atoms. The maximum Gasteiger partial charge on any atom is 0.219 e. The molecule has 1 heterocycles. The SMILES string of the molecule is COc1ccc(C=Cc2cnc(N)nc2)cc1OC. The highest BCUT2D eigenvalue weighted by Gasteiger charge is 2.02. The van der Waals surface area contributed by atoms with E-state index >= 15 is 0 Å². The van der Waals surface area contributed by atoms with Gasteiger partial charge in [0.2, 0.25) is 5.95 Å². The number of ether oxygens (including phenoxy) is 2. The summed E-state index contributed by atoms with van der Waals surface area (Å²) in [5.74, 6) is 1.66. The van der Waals surface area contributed by atoms with Crippen molar-refractivity contribution >= 4 is 18.1 Å². The first-order valence-electron chi connectivity index (χ1n) is 5.70. The Bertz CT molecular complexity index is 580. The standard InChI is InChI=1S/C14H15N3O2/c1-18-12-6-5-10(7-13(12)19-2)3-4-11-8-16-14(15)17-9-11/h3-9H,1-2H3,(H2,15,16,17). The lowest BCUT2D eigenvalue weighted by atomic mass is 10.1. The van der Waals surface area contributed by atoms with Crippen LogP contribution in [-0.2, 0) is 0 Å². The van der Waals surface area contributed by atoms with Crippen LogP contribution in [-0.4, -0.2) is 24.2 Å². The predicted molar refractivity (Wildman–Crippen MR) is 74.9 cm³/mol. The summed E-state index contributed by atoms with van der Waals surface area (Å²) in [4.78, 5) is 7.85. The molecule has 0 fully saturated rings. The van der Waals surface area contributed by atoms with E-state index in [1.165, 1.54) is 0 Å². The minimum absolute atomic E-state index is 0.267. The first-order chi connectivity index (χ1) is 9.22. The largest absolute Gasteiger partial charge is 0.493 e. The molecule has 0 aliphatic rings. The van der Waals surface area contributed by atoms with Gasteiger partial charge in [0, 0.05) is 18.0 Å². The van der Waals surface area contributed by atoms with E-state index in [0.717, 1.165) is 11.1 Å². The van der Waals surface area contributed by atoms with Crippen LogP contribution in [0.15, 0.2) is 30.6 Å². The van der Waals surface area contributed by atoms with Crippen molar-refractivity contribution in [1.29, 1.82) is 0 Å². The number of nitrogens with zero attached hydrogens (tertiary/aromatic N) is 2. The molecule has 0 amide bonds. The summed E-state index contributed by atoms with van der Waals surface area (Å²) in [5.41, 5.74) is 7.30. The van der Waals surface area contributed by atoms with E-state index in [0.29, 0.717) is 11.5 Å². The monoisotopic (exact) mass is 257 g/mol. The number of hydrogen-bond acceptors (Lipinski definition) is 5. The van der Waals surface area contributed by atoms with E-state index in [-0.39, 0.29) is 5.95 Å². The Morgan fingerprint density at radius 3 is 2.21 bits per heavy atom. The highest BCUT2D eigenvalue weighted by atomic mass is 16.5. The van der Waals surface area contributed by atoms with Gasteiger partial charge in [-0.3, -0.25) is 0 Å². The van der Waals surface area contributed by atoms with Crippen LogP contribution < -0.4 is 15.2 Å². The fraction of sp³-hybridized carbons (Fsp3) is 0.143. The smallest absolute Gasteiger partial charge is 0.219 e. The van der Waals surface area contributed by atoms with Gasteiger partial charge >= 0.3 is 0 Å². The topological polar surface area (TPSA) is 70.3 Å². The van der Waals surface area contributed by atoms with Gasteiger partial charge in [-0.1, -0.05) is 18.2 Å². The highest BCUT2D eigenvalue weighted by Crippen LogP contribution is 2.28. The number of benzene rings is 1. The van der Waals surface area contributed by atoms with Crippen LogP contribution in [0, 0.1) is 0 Å². The molecule has 0 saturated carbocycles. The summed E-state index contributed by atoms with van der Waals surface area (Å²) < 4.78 is 10.4. The second-order valence-electron chi connectivity index (χ2n) is 3.82. The van der Waals surface area contributed by atoms with Crippen molar-refractivity contribution in [2.24, 2.45) is 0 Å². The van der Waals surface area contributed by atoms with Gasteiger partial charge in [-0.2, -0.15) is 0 Å². The third-order valence-electron chi connectivity index (χ3n) is 2.57. The van der Waals surface area contributed by atoms with Gasteiger partial charge in [0.05, 0.1) is 14.2 Å². The fourth-order valence-electron chi connectivity index (χ4n) is 1.58. The van der Waals surface area contributed by atoms with E-state index in [4.69, 9.17) is 15.2 Å². The fourth-order valence-corrected chi connectivity index (χ4v) is 1.58. The molecule has 1 aromatic carbocycles. The Labute approximate surface area is 111 Å². The lowest BCUT2D eigenvalue weighted by Crippen LogP contribution is -1.93. The number of hydrogen-bond donors (Lipinski definition) is 1. The molecule has 0 aliphatic heterocycles. The zero-order chi connectivity index (χ0) is 13.7. The van der Waals surface area contributed by atoms with Crippen molar-refractivity contribution in [2.45, 2.75) is 0 Å². The van der Waals surface area contributed by atoms with Gasteiger partial charge in [-0.05, 0) is 17.7 Å². The first-order valence-corrected chi connectivity index (χ1v) is 5.70. The molecule has 2 aromatic rings. The molecule has 2 rings (SSSR count). The Kier molecular flexibility index (Phi) is 3.97. The van der Waals surface area contributed by atoms with Gasteiger partial charge in [0.1, 0.15) is 0 Å². The van der Waals surface area contributed by atoms with Crippen LogP contribution >= 0.6 is 0 Å². The predicted octanol–water partition coefficient (Wildman–Crippen LogP) is 2.25. The number of aromatic nitrogens is 2. The maximum absolute atomic E-state index is 5.43. The van der Waals surface area contributed by atoms with Crippen molar-refractivity contribution in [3.8, 4) is 11.5 Å². The Balaban J connectivity index is 2.21. The molecule has 0 atom stereocenters. The summed E-state index contributed by atoms with van der Waals surface area (Å²) >= 11 is 0. The zero-order valence-corrected chi connectivity index (χ0v) is 10.8. The third-order valence-corrected chi connectivity index (χ3v) is 2.57. The quantitative estimate of drug-likeness (QED) is 0.909. The number of nitrogens with two attached hydrogens (primary N) is 1. The van der Waals surface area contributed by atoms with Crippen molar-refractivity contribution in [1.82, 2.24) is 9.97 Å². The molecule has 2 N–H and O–H groups in total. The number of anilines is 1. The molecular weight excluding hydrogens is 242 g/mol. The molecule has 98 valence electrons. The molecule has 0 aliphatic carbocycles. The second-order valence-corrected chi connectivity index (χ2v) is 3.82. The lowest BCUT2D eigenvalue weighted by molar-refractivity contribution is 0.355. The zero-order valence-electron chi connectivity index (χ0n) is 10.8. The van der Waals surface area contributed by atoms with Crippen LogP contribution in [0.2, 0.25) is 0 Å². The lowest BCUT2D eigenvalue weighted by Gasteiger charge is -2.07. The molecule has 0 radical (unpaired) electrons. The van der Waals surface area contributed by atoms with Gasteiger partial charge < -0.3 is 15.2 Å². The van der Waals surface area contributed by atoms with Gasteiger partial charge in [-0.25, -0.2) is 9.97 Å². The Hall–Kier alpha value is -2.56. The summed E-state index contributed by atoms with van der Waals surface area (Å²) in [7, 11) is 3.22. The minimum Gasteiger partial charge on any atom is -0.493 e. The highest BCUT2D eigenvalue weighted by molar-refractivity contribution is 5.70. The average molecular weight is 257 g/mol. The van der Waals surface area contributed by atoms with Crippen LogP contribution in [0.4, 0.5) is 5.95 Å². The van der Waals surface area contributed by atoms with E-state index in [2.05, 4.69) is 9.97 Å². The van der Waals surface area contributed by atoms with Crippen molar-refractivity contribution in [2.75, 3.05) is 20.0 Å². The van der Waals surface area contributed by atoms with Crippen molar-refractivity contribution in [3.63, 3.8) is 0 Å². The number of methoxy groups -OCH3 is 2. The Morgan fingerprint density at radius 1 is 0.947 bits per heavy atom.